The molecule has 4 heteroatoms. The van der Waals surface area contributed by atoms with Gasteiger partial charge in [-0.15, -0.1) is 0 Å². The third kappa shape index (κ3) is 1.33. The van der Waals surface area contributed by atoms with Gasteiger partial charge in [0.2, 0.25) is 0 Å². The lowest BCUT2D eigenvalue weighted by molar-refractivity contribution is 0.186. The van der Waals surface area contributed by atoms with Crippen LogP contribution in [0.15, 0.2) is 36.5 Å². The summed E-state index contributed by atoms with van der Waals surface area (Å²) in [6.07, 6.45) is -1.29. The molecule has 1 heterocycles. The second kappa shape index (κ2) is 3.40. The third-order valence-corrected chi connectivity index (χ3v) is 2.85. The van der Waals surface area contributed by atoms with Gasteiger partial charge in [-0.05, 0) is 12.1 Å². The van der Waals surface area contributed by atoms with Gasteiger partial charge in [0, 0.05) is 18.2 Å². The Balaban J connectivity index is 2.02. The molecule has 0 bridgehead atoms. The van der Waals surface area contributed by atoms with Crippen LogP contribution in [0.4, 0.5) is 8.78 Å². The highest BCUT2D eigenvalue weighted by Gasteiger charge is 2.35. The fraction of sp³-hybridized carbons (Fsp3) is 0.250. The summed E-state index contributed by atoms with van der Waals surface area (Å²) in [4.78, 5) is 0. The van der Waals surface area contributed by atoms with Crippen LogP contribution in [0.2, 0.25) is 0 Å². The van der Waals surface area contributed by atoms with Gasteiger partial charge >= 0.3 is 0 Å². The van der Waals surface area contributed by atoms with E-state index in [1.807, 2.05) is 30.3 Å². The Morgan fingerprint density at radius 2 is 1.94 bits per heavy atom. The van der Waals surface area contributed by atoms with Crippen molar-refractivity contribution < 1.29 is 8.78 Å². The van der Waals surface area contributed by atoms with Crippen molar-refractivity contribution in [1.82, 2.24) is 9.78 Å². The van der Waals surface area contributed by atoms with Crippen molar-refractivity contribution in [2.75, 3.05) is 0 Å². The quantitative estimate of drug-likeness (QED) is 0.722. The molecule has 3 rings (SSSR count). The predicted molar refractivity (Wildman–Crippen MR) is 56.0 cm³/mol. The molecule has 0 fully saturated rings. The largest absolute Gasteiger partial charge is 0.243 e. The summed E-state index contributed by atoms with van der Waals surface area (Å²) in [5.74, 6) is 0. The SMILES string of the molecule is FC1Cc2nn(-c3ccccc3)cc2C1F. The van der Waals surface area contributed by atoms with Crippen molar-refractivity contribution >= 4 is 0 Å². The van der Waals surface area contributed by atoms with Crippen molar-refractivity contribution in [2.45, 2.75) is 18.8 Å². The number of hydrogen-bond acceptors (Lipinski definition) is 1. The van der Waals surface area contributed by atoms with Gasteiger partial charge in [0.25, 0.3) is 0 Å². The predicted octanol–water partition coefficient (Wildman–Crippen LogP) is 2.78. The Bertz CT molecular complexity index is 507. The van der Waals surface area contributed by atoms with Crippen molar-refractivity contribution in [3.63, 3.8) is 0 Å². The standard InChI is InChI=1S/C12H10F2N2/c13-10-6-11-9(12(10)14)7-16(15-11)8-4-2-1-3-5-8/h1-5,7,10,12H,6H2. The first-order valence-electron chi connectivity index (χ1n) is 5.18. The Morgan fingerprint density at radius 3 is 2.62 bits per heavy atom. The van der Waals surface area contributed by atoms with Crippen molar-refractivity contribution in [3.05, 3.63) is 47.8 Å². The highest BCUT2D eigenvalue weighted by atomic mass is 19.2. The summed E-state index contributed by atoms with van der Waals surface area (Å²) in [6, 6.07) is 9.42. The van der Waals surface area contributed by atoms with Gasteiger partial charge in [-0.1, -0.05) is 18.2 Å². The Labute approximate surface area is 91.5 Å². The van der Waals surface area contributed by atoms with Crippen LogP contribution in [0, 0.1) is 0 Å². The molecule has 0 aliphatic heterocycles. The average molecular weight is 220 g/mol. The van der Waals surface area contributed by atoms with E-state index in [0.717, 1.165) is 5.69 Å². The smallest absolute Gasteiger partial charge is 0.160 e. The van der Waals surface area contributed by atoms with Crippen molar-refractivity contribution in [2.24, 2.45) is 0 Å². The van der Waals surface area contributed by atoms with E-state index in [4.69, 9.17) is 0 Å². The van der Waals surface area contributed by atoms with E-state index in [1.54, 1.807) is 10.9 Å². The zero-order valence-corrected chi connectivity index (χ0v) is 8.48. The average Bonchev–Trinajstić information content (AvgIpc) is 2.82. The van der Waals surface area contributed by atoms with Crippen molar-refractivity contribution in [3.8, 4) is 5.69 Å². The normalized spacial score (nSPS) is 23.4. The molecule has 1 aromatic heterocycles. The number of halogens is 2. The molecule has 0 saturated heterocycles. The molecule has 1 aliphatic carbocycles. The zero-order valence-electron chi connectivity index (χ0n) is 8.48. The molecule has 82 valence electrons. The summed E-state index contributed by atoms with van der Waals surface area (Å²) in [7, 11) is 0. The monoisotopic (exact) mass is 220 g/mol. The number of alkyl halides is 2. The maximum Gasteiger partial charge on any atom is 0.160 e. The summed E-state index contributed by atoms with van der Waals surface area (Å²) < 4.78 is 28.1. The Morgan fingerprint density at radius 1 is 1.19 bits per heavy atom. The number of nitrogens with zero attached hydrogens (tertiary/aromatic N) is 2. The second-order valence-corrected chi connectivity index (χ2v) is 3.93. The first-order chi connectivity index (χ1) is 7.75. The molecule has 0 N–H and O–H groups in total. The van der Waals surface area contributed by atoms with E-state index in [-0.39, 0.29) is 6.42 Å². The van der Waals surface area contributed by atoms with Gasteiger partial charge in [-0.2, -0.15) is 5.10 Å². The van der Waals surface area contributed by atoms with Crippen LogP contribution < -0.4 is 0 Å². The van der Waals surface area contributed by atoms with E-state index in [2.05, 4.69) is 5.10 Å². The lowest BCUT2D eigenvalue weighted by atomic mass is 10.2. The maximum atomic E-state index is 13.4. The van der Waals surface area contributed by atoms with Gasteiger partial charge in [-0.3, -0.25) is 0 Å². The molecule has 1 aliphatic rings. The van der Waals surface area contributed by atoms with Crippen molar-refractivity contribution in [1.29, 1.82) is 0 Å². The highest BCUT2D eigenvalue weighted by molar-refractivity contribution is 5.35. The van der Waals surface area contributed by atoms with Crippen LogP contribution >= 0.6 is 0 Å². The molecule has 2 nitrogen and oxygen atoms in total. The maximum absolute atomic E-state index is 13.4. The van der Waals surface area contributed by atoms with Gasteiger partial charge in [0.05, 0.1) is 11.4 Å². The van der Waals surface area contributed by atoms with Crippen LogP contribution in [-0.2, 0) is 6.42 Å². The highest BCUT2D eigenvalue weighted by Crippen LogP contribution is 2.35. The summed E-state index contributed by atoms with van der Waals surface area (Å²) in [5.41, 5.74) is 1.78. The van der Waals surface area contributed by atoms with Crippen LogP contribution in [0.1, 0.15) is 17.4 Å². The van der Waals surface area contributed by atoms with E-state index in [9.17, 15) is 8.78 Å². The zero-order chi connectivity index (χ0) is 11.1. The number of fused-ring (bicyclic) bond motifs is 1. The molecule has 1 aromatic carbocycles. The van der Waals surface area contributed by atoms with E-state index in [0.29, 0.717) is 11.3 Å². The fourth-order valence-electron chi connectivity index (χ4n) is 2.01. The minimum absolute atomic E-state index is 0.0797. The van der Waals surface area contributed by atoms with Crippen LogP contribution in [-0.4, -0.2) is 16.0 Å². The van der Waals surface area contributed by atoms with Gasteiger partial charge in [0.1, 0.15) is 6.17 Å². The summed E-state index contributed by atoms with van der Waals surface area (Å²) in [5, 5.41) is 4.20. The van der Waals surface area contributed by atoms with Gasteiger partial charge < -0.3 is 0 Å². The topological polar surface area (TPSA) is 17.8 Å². The lowest BCUT2D eigenvalue weighted by Gasteiger charge is -2.03. The molecular weight excluding hydrogens is 210 g/mol. The first-order valence-corrected chi connectivity index (χ1v) is 5.18. The van der Waals surface area contributed by atoms with Crippen LogP contribution in [0.5, 0.6) is 0 Å². The molecular formula is C12H10F2N2. The summed E-state index contributed by atoms with van der Waals surface area (Å²) >= 11 is 0. The number of benzene rings is 1. The van der Waals surface area contributed by atoms with Gasteiger partial charge in [-0.25, -0.2) is 13.5 Å². The summed E-state index contributed by atoms with van der Waals surface area (Å²) in [6.45, 7) is 0. The number of hydrogen-bond donors (Lipinski definition) is 0. The molecule has 2 aromatic rings. The minimum Gasteiger partial charge on any atom is -0.243 e. The minimum atomic E-state index is -1.52. The molecule has 16 heavy (non-hydrogen) atoms. The van der Waals surface area contributed by atoms with E-state index < -0.39 is 12.3 Å². The van der Waals surface area contributed by atoms with E-state index in [1.165, 1.54) is 0 Å². The number of rotatable bonds is 1. The molecule has 0 radical (unpaired) electrons. The third-order valence-electron chi connectivity index (χ3n) is 2.85. The Kier molecular flexibility index (Phi) is 2.02. The molecule has 0 amide bonds. The molecule has 2 atom stereocenters. The first kappa shape index (κ1) is 9.51. The van der Waals surface area contributed by atoms with Crippen LogP contribution in [0.25, 0.3) is 5.69 Å². The molecule has 0 spiro atoms. The fourth-order valence-corrected chi connectivity index (χ4v) is 2.01. The molecule has 0 saturated carbocycles. The molecule has 2 unspecified atom stereocenters. The van der Waals surface area contributed by atoms with Crippen LogP contribution in [0.3, 0.4) is 0 Å². The number of aromatic nitrogens is 2. The van der Waals surface area contributed by atoms with Gasteiger partial charge in [0.15, 0.2) is 6.17 Å². The van der Waals surface area contributed by atoms with E-state index >= 15 is 0 Å². The second-order valence-electron chi connectivity index (χ2n) is 3.93. The Hall–Kier alpha value is -1.71. The lowest BCUT2D eigenvalue weighted by Crippen LogP contribution is -2.05. The number of para-hydroxylation sites is 1.